The van der Waals surface area contributed by atoms with Crippen LogP contribution in [0.2, 0.25) is 0 Å². The first-order valence-electron chi connectivity index (χ1n) is 6.22. The monoisotopic (exact) mass is 325 g/mol. The lowest BCUT2D eigenvalue weighted by Crippen LogP contribution is -2.36. The standard InChI is InChI=1S/C13H16BrN3S/c1-17-6-4-10(5-7-17)15-13-16-11-8-9(14)2-3-12(11)18-13/h2-3,8,10H,4-7H2,1H3,(H,15,16). The second-order valence-corrected chi connectivity index (χ2v) is 6.80. The average Bonchev–Trinajstić information content (AvgIpc) is 2.73. The molecule has 96 valence electrons. The van der Waals surface area contributed by atoms with Gasteiger partial charge in [-0.05, 0) is 51.2 Å². The van der Waals surface area contributed by atoms with Crippen molar-refractivity contribution in [2.24, 2.45) is 0 Å². The van der Waals surface area contributed by atoms with Crippen LogP contribution < -0.4 is 5.32 Å². The highest BCUT2D eigenvalue weighted by molar-refractivity contribution is 9.10. The van der Waals surface area contributed by atoms with E-state index < -0.39 is 0 Å². The van der Waals surface area contributed by atoms with Gasteiger partial charge in [-0.1, -0.05) is 27.3 Å². The molecule has 5 heteroatoms. The SMILES string of the molecule is CN1CCC(Nc2nc3cc(Br)ccc3s2)CC1. The van der Waals surface area contributed by atoms with Crippen molar-refractivity contribution >= 4 is 42.6 Å². The van der Waals surface area contributed by atoms with Crippen LogP contribution in [0.1, 0.15) is 12.8 Å². The van der Waals surface area contributed by atoms with Crippen LogP contribution in [0.4, 0.5) is 5.13 Å². The lowest BCUT2D eigenvalue weighted by molar-refractivity contribution is 0.264. The number of nitrogens with zero attached hydrogens (tertiary/aromatic N) is 2. The highest BCUT2D eigenvalue weighted by atomic mass is 79.9. The number of piperidine rings is 1. The predicted octanol–water partition coefficient (Wildman–Crippen LogP) is 3.56. The molecule has 0 radical (unpaired) electrons. The Bertz CT molecular complexity index is 546. The van der Waals surface area contributed by atoms with Crippen LogP contribution in [0.25, 0.3) is 10.2 Å². The highest BCUT2D eigenvalue weighted by Gasteiger charge is 2.17. The van der Waals surface area contributed by atoms with E-state index in [1.165, 1.54) is 30.6 Å². The van der Waals surface area contributed by atoms with Gasteiger partial charge in [0.25, 0.3) is 0 Å². The normalized spacial score (nSPS) is 18.3. The van der Waals surface area contributed by atoms with E-state index in [2.05, 4.69) is 56.4 Å². The van der Waals surface area contributed by atoms with Crippen molar-refractivity contribution in [3.8, 4) is 0 Å². The molecule has 1 N–H and O–H groups in total. The first-order chi connectivity index (χ1) is 8.70. The fraction of sp³-hybridized carbons (Fsp3) is 0.462. The Morgan fingerprint density at radius 3 is 2.94 bits per heavy atom. The summed E-state index contributed by atoms with van der Waals surface area (Å²) in [6.07, 6.45) is 2.41. The zero-order chi connectivity index (χ0) is 12.5. The molecule has 0 amide bonds. The maximum atomic E-state index is 4.65. The number of thiazole rings is 1. The number of benzene rings is 1. The van der Waals surface area contributed by atoms with Gasteiger partial charge in [0.1, 0.15) is 0 Å². The van der Waals surface area contributed by atoms with Crippen LogP contribution >= 0.6 is 27.3 Å². The number of fused-ring (bicyclic) bond motifs is 1. The Morgan fingerprint density at radius 2 is 2.17 bits per heavy atom. The van der Waals surface area contributed by atoms with Gasteiger partial charge in [0, 0.05) is 10.5 Å². The molecule has 1 aliphatic heterocycles. The third-order valence-corrected chi connectivity index (χ3v) is 4.86. The molecule has 3 rings (SSSR count). The van der Waals surface area contributed by atoms with Gasteiger partial charge >= 0.3 is 0 Å². The van der Waals surface area contributed by atoms with E-state index in [1.54, 1.807) is 11.3 Å². The first kappa shape index (κ1) is 12.4. The fourth-order valence-corrected chi connectivity index (χ4v) is 3.56. The molecular weight excluding hydrogens is 310 g/mol. The Labute approximate surface area is 119 Å². The van der Waals surface area contributed by atoms with Gasteiger partial charge in [-0.3, -0.25) is 0 Å². The van der Waals surface area contributed by atoms with E-state index in [9.17, 15) is 0 Å². The van der Waals surface area contributed by atoms with Crippen molar-refractivity contribution in [3.05, 3.63) is 22.7 Å². The summed E-state index contributed by atoms with van der Waals surface area (Å²) in [5.74, 6) is 0. The molecule has 1 aromatic heterocycles. The van der Waals surface area contributed by atoms with Crippen LogP contribution in [-0.4, -0.2) is 36.1 Å². The van der Waals surface area contributed by atoms with Crippen molar-refractivity contribution in [3.63, 3.8) is 0 Å². The zero-order valence-corrected chi connectivity index (χ0v) is 12.7. The molecule has 1 saturated heterocycles. The van der Waals surface area contributed by atoms with E-state index in [0.717, 1.165) is 15.1 Å². The lowest BCUT2D eigenvalue weighted by Gasteiger charge is -2.29. The Balaban J connectivity index is 1.74. The third kappa shape index (κ3) is 2.68. The molecule has 2 aromatic rings. The summed E-state index contributed by atoms with van der Waals surface area (Å²) in [4.78, 5) is 7.03. The number of rotatable bonds is 2. The van der Waals surface area contributed by atoms with Crippen LogP contribution in [0.15, 0.2) is 22.7 Å². The van der Waals surface area contributed by atoms with Gasteiger partial charge in [-0.2, -0.15) is 0 Å². The summed E-state index contributed by atoms with van der Waals surface area (Å²) in [6, 6.07) is 6.84. The molecular formula is C13H16BrN3S. The number of anilines is 1. The van der Waals surface area contributed by atoms with Crippen LogP contribution in [0, 0.1) is 0 Å². The number of halogens is 1. The van der Waals surface area contributed by atoms with E-state index in [-0.39, 0.29) is 0 Å². The molecule has 1 fully saturated rings. The molecule has 0 spiro atoms. The molecule has 0 aliphatic carbocycles. The number of hydrogen-bond acceptors (Lipinski definition) is 4. The number of hydrogen-bond donors (Lipinski definition) is 1. The maximum absolute atomic E-state index is 4.65. The molecule has 0 atom stereocenters. The number of nitrogens with one attached hydrogen (secondary N) is 1. The minimum Gasteiger partial charge on any atom is -0.359 e. The largest absolute Gasteiger partial charge is 0.359 e. The van der Waals surface area contributed by atoms with Crippen molar-refractivity contribution in [1.82, 2.24) is 9.88 Å². The van der Waals surface area contributed by atoms with E-state index in [1.807, 2.05) is 0 Å². The van der Waals surface area contributed by atoms with Crippen molar-refractivity contribution < 1.29 is 0 Å². The summed E-state index contributed by atoms with van der Waals surface area (Å²) in [6.45, 7) is 2.35. The Hall–Kier alpha value is -0.650. The molecule has 1 aliphatic rings. The molecule has 0 bridgehead atoms. The summed E-state index contributed by atoms with van der Waals surface area (Å²) in [7, 11) is 2.19. The summed E-state index contributed by atoms with van der Waals surface area (Å²) in [5, 5.41) is 4.63. The van der Waals surface area contributed by atoms with Gasteiger partial charge in [-0.15, -0.1) is 0 Å². The third-order valence-electron chi connectivity index (χ3n) is 3.40. The highest BCUT2D eigenvalue weighted by Crippen LogP contribution is 2.29. The average molecular weight is 326 g/mol. The maximum Gasteiger partial charge on any atom is 0.184 e. The summed E-state index contributed by atoms with van der Waals surface area (Å²) < 4.78 is 2.33. The van der Waals surface area contributed by atoms with Gasteiger partial charge < -0.3 is 10.2 Å². The second-order valence-electron chi connectivity index (χ2n) is 4.85. The fourth-order valence-electron chi connectivity index (χ4n) is 2.29. The molecule has 2 heterocycles. The Morgan fingerprint density at radius 1 is 1.39 bits per heavy atom. The van der Waals surface area contributed by atoms with Crippen molar-refractivity contribution in [2.45, 2.75) is 18.9 Å². The predicted molar refractivity (Wildman–Crippen MR) is 81.5 cm³/mol. The Kier molecular flexibility index (Phi) is 3.54. The van der Waals surface area contributed by atoms with Crippen LogP contribution in [0.5, 0.6) is 0 Å². The first-order valence-corrected chi connectivity index (χ1v) is 7.83. The van der Waals surface area contributed by atoms with Gasteiger partial charge in [0.15, 0.2) is 5.13 Å². The molecule has 0 unspecified atom stereocenters. The molecule has 18 heavy (non-hydrogen) atoms. The smallest absolute Gasteiger partial charge is 0.184 e. The van der Waals surface area contributed by atoms with E-state index in [4.69, 9.17) is 0 Å². The minimum atomic E-state index is 0.574. The van der Waals surface area contributed by atoms with E-state index >= 15 is 0 Å². The summed E-state index contributed by atoms with van der Waals surface area (Å²) in [5.41, 5.74) is 1.07. The van der Waals surface area contributed by atoms with Gasteiger partial charge in [0.05, 0.1) is 10.2 Å². The number of likely N-dealkylation sites (tertiary alicyclic amines) is 1. The molecule has 3 nitrogen and oxygen atoms in total. The van der Waals surface area contributed by atoms with Gasteiger partial charge in [-0.25, -0.2) is 4.98 Å². The van der Waals surface area contributed by atoms with Crippen molar-refractivity contribution in [2.75, 3.05) is 25.5 Å². The van der Waals surface area contributed by atoms with Crippen LogP contribution in [0.3, 0.4) is 0 Å². The van der Waals surface area contributed by atoms with Crippen molar-refractivity contribution in [1.29, 1.82) is 0 Å². The zero-order valence-electron chi connectivity index (χ0n) is 10.3. The lowest BCUT2D eigenvalue weighted by atomic mass is 10.1. The second kappa shape index (κ2) is 5.15. The quantitative estimate of drug-likeness (QED) is 0.914. The topological polar surface area (TPSA) is 28.2 Å². The summed E-state index contributed by atoms with van der Waals surface area (Å²) >= 11 is 5.23. The van der Waals surface area contributed by atoms with Crippen LogP contribution in [-0.2, 0) is 0 Å². The number of aromatic nitrogens is 1. The van der Waals surface area contributed by atoms with Gasteiger partial charge in [0.2, 0.25) is 0 Å². The molecule has 0 saturated carbocycles. The minimum absolute atomic E-state index is 0.574. The molecule has 1 aromatic carbocycles. The van der Waals surface area contributed by atoms with E-state index in [0.29, 0.717) is 6.04 Å².